The zero-order chi connectivity index (χ0) is 19.5. The summed E-state index contributed by atoms with van der Waals surface area (Å²) in [7, 11) is 0. The molecule has 2 aromatic carbocycles. The smallest absolute Gasteiger partial charge is 0.270 e. The van der Waals surface area contributed by atoms with Crippen molar-refractivity contribution in [1.29, 1.82) is 5.26 Å². The van der Waals surface area contributed by atoms with Crippen LogP contribution >= 0.6 is 11.8 Å². The summed E-state index contributed by atoms with van der Waals surface area (Å²) < 4.78 is 5.76. The summed E-state index contributed by atoms with van der Waals surface area (Å²) in [4.78, 5) is 18.1. The number of benzene rings is 2. The van der Waals surface area contributed by atoms with Crippen molar-refractivity contribution in [1.82, 2.24) is 9.97 Å². The number of allylic oxidation sites excluding steroid dienone is 1. The molecule has 28 heavy (non-hydrogen) atoms. The minimum absolute atomic E-state index is 0.0702. The molecule has 4 rings (SSSR count). The Hall–Kier alpha value is -3.83. The van der Waals surface area contributed by atoms with Crippen LogP contribution in [0.3, 0.4) is 0 Å². The monoisotopic (exact) mass is 388 g/mol. The normalized spacial score (nSPS) is 11.5. The summed E-state index contributed by atoms with van der Waals surface area (Å²) in [5.74, 6) is 0.474. The number of non-ortho nitro benzene ring substituents is 1. The third kappa shape index (κ3) is 3.65. The molecule has 136 valence electrons. The molecule has 2 aromatic heterocycles. The molecule has 0 bridgehead atoms. The topological polar surface area (TPSA) is 109 Å². The van der Waals surface area contributed by atoms with Gasteiger partial charge in [-0.2, -0.15) is 5.26 Å². The summed E-state index contributed by atoms with van der Waals surface area (Å²) >= 11 is 1.34. The van der Waals surface area contributed by atoms with Gasteiger partial charge in [-0.05, 0) is 47.7 Å². The number of aromatic amines is 1. The molecule has 7 nitrogen and oxygen atoms in total. The van der Waals surface area contributed by atoms with E-state index in [1.54, 1.807) is 30.3 Å². The molecule has 4 aromatic rings. The second-order valence-electron chi connectivity index (χ2n) is 5.80. The predicted molar refractivity (Wildman–Crippen MR) is 106 cm³/mol. The molecule has 0 atom stereocenters. The maximum Gasteiger partial charge on any atom is 0.270 e. The number of nitro groups is 1. The number of H-pyrrole nitrogens is 1. The molecule has 0 aliphatic carbocycles. The highest BCUT2D eigenvalue weighted by atomic mass is 32.2. The van der Waals surface area contributed by atoms with Crippen molar-refractivity contribution in [2.75, 3.05) is 0 Å². The number of nitro benzene ring substituents is 1. The highest BCUT2D eigenvalue weighted by Gasteiger charge is 2.11. The lowest BCUT2D eigenvalue weighted by Gasteiger charge is -1.98. The summed E-state index contributed by atoms with van der Waals surface area (Å²) in [6, 6.07) is 19.2. The SMILES string of the molecule is N#C/C(=C/c1ccc(Sc2nc3ccccc3[nH]2)o1)c1cccc([N+](=O)[O-])c1. The molecular weight excluding hydrogens is 376 g/mol. The zero-order valence-corrected chi connectivity index (χ0v) is 15.1. The highest BCUT2D eigenvalue weighted by molar-refractivity contribution is 7.99. The van der Waals surface area contributed by atoms with Gasteiger partial charge >= 0.3 is 0 Å². The molecule has 2 heterocycles. The summed E-state index contributed by atoms with van der Waals surface area (Å²) in [5, 5.41) is 21.7. The Morgan fingerprint density at radius 3 is 2.86 bits per heavy atom. The van der Waals surface area contributed by atoms with Gasteiger partial charge in [-0.1, -0.05) is 24.3 Å². The molecular formula is C20H12N4O3S. The van der Waals surface area contributed by atoms with Gasteiger partial charge < -0.3 is 9.40 Å². The Labute approximate surface area is 163 Å². The van der Waals surface area contributed by atoms with Gasteiger partial charge in [0.2, 0.25) is 0 Å². The zero-order valence-electron chi connectivity index (χ0n) is 14.3. The number of para-hydroxylation sites is 2. The van der Waals surface area contributed by atoms with Gasteiger partial charge in [0.25, 0.3) is 5.69 Å². The van der Waals surface area contributed by atoms with Crippen LogP contribution in [0.5, 0.6) is 0 Å². The molecule has 0 radical (unpaired) electrons. The van der Waals surface area contributed by atoms with E-state index >= 15 is 0 Å². The second kappa shape index (κ2) is 7.42. The number of nitrogens with zero attached hydrogens (tertiary/aromatic N) is 3. The first kappa shape index (κ1) is 17.6. The van der Waals surface area contributed by atoms with E-state index in [-0.39, 0.29) is 11.3 Å². The first-order valence-electron chi connectivity index (χ1n) is 8.21. The van der Waals surface area contributed by atoms with E-state index in [1.807, 2.05) is 24.3 Å². The molecule has 0 fully saturated rings. The lowest BCUT2D eigenvalue weighted by atomic mass is 10.1. The Balaban J connectivity index is 1.58. The van der Waals surface area contributed by atoms with E-state index in [9.17, 15) is 15.4 Å². The Morgan fingerprint density at radius 1 is 1.21 bits per heavy atom. The largest absolute Gasteiger partial charge is 0.450 e. The third-order valence-electron chi connectivity index (χ3n) is 3.94. The van der Waals surface area contributed by atoms with Crippen molar-refractivity contribution < 1.29 is 9.34 Å². The Bertz CT molecular complexity index is 1220. The molecule has 0 saturated carbocycles. The number of nitrogens with one attached hydrogen (secondary N) is 1. The van der Waals surface area contributed by atoms with Crippen molar-refractivity contribution >= 4 is 40.1 Å². The number of fused-ring (bicyclic) bond motifs is 1. The van der Waals surface area contributed by atoms with E-state index in [0.29, 0.717) is 21.6 Å². The fraction of sp³-hybridized carbons (Fsp3) is 0. The molecule has 0 amide bonds. The lowest BCUT2D eigenvalue weighted by molar-refractivity contribution is -0.384. The minimum Gasteiger partial charge on any atom is -0.450 e. The van der Waals surface area contributed by atoms with Crippen LogP contribution in [-0.2, 0) is 0 Å². The molecule has 0 aliphatic heterocycles. The van der Waals surface area contributed by atoms with Crippen molar-refractivity contribution in [3.05, 3.63) is 82.1 Å². The van der Waals surface area contributed by atoms with Crippen LogP contribution in [0.25, 0.3) is 22.7 Å². The van der Waals surface area contributed by atoms with Crippen LogP contribution in [0.1, 0.15) is 11.3 Å². The van der Waals surface area contributed by atoms with Crippen molar-refractivity contribution in [3.8, 4) is 6.07 Å². The maximum absolute atomic E-state index is 10.9. The van der Waals surface area contributed by atoms with Crippen LogP contribution in [0.15, 0.2) is 75.3 Å². The van der Waals surface area contributed by atoms with Crippen LogP contribution in [0, 0.1) is 21.4 Å². The lowest BCUT2D eigenvalue weighted by Crippen LogP contribution is -1.89. The predicted octanol–water partition coefficient (Wildman–Crippen LogP) is 5.28. The number of nitriles is 1. The quantitative estimate of drug-likeness (QED) is 0.283. The molecule has 0 saturated heterocycles. The standard InChI is InChI=1S/C20H12N4O3S/c21-12-14(13-4-3-5-15(10-13)24(25)26)11-16-8-9-19(27-16)28-20-22-17-6-1-2-7-18(17)23-20/h1-11H,(H,22,23)/b14-11-. The van der Waals surface area contributed by atoms with Crippen LogP contribution in [0.2, 0.25) is 0 Å². The average molecular weight is 388 g/mol. The fourth-order valence-corrected chi connectivity index (χ4v) is 3.42. The van der Waals surface area contributed by atoms with Crippen molar-refractivity contribution in [2.45, 2.75) is 10.2 Å². The van der Waals surface area contributed by atoms with E-state index in [1.165, 1.54) is 23.9 Å². The summed E-state index contributed by atoms with van der Waals surface area (Å²) in [6.45, 7) is 0. The van der Waals surface area contributed by atoms with Gasteiger partial charge in [0.15, 0.2) is 10.2 Å². The van der Waals surface area contributed by atoms with E-state index in [0.717, 1.165) is 11.0 Å². The molecule has 1 N–H and O–H groups in total. The Morgan fingerprint density at radius 2 is 2.07 bits per heavy atom. The second-order valence-corrected chi connectivity index (χ2v) is 6.79. The van der Waals surface area contributed by atoms with Gasteiger partial charge in [-0.3, -0.25) is 10.1 Å². The van der Waals surface area contributed by atoms with Gasteiger partial charge in [-0.25, -0.2) is 4.98 Å². The van der Waals surface area contributed by atoms with Gasteiger partial charge in [0.1, 0.15) is 5.76 Å². The fourth-order valence-electron chi connectivity index (χ4n) is 2.65. The van der Waals surface area contributed by atoms with Gasteiger partial charge in [0.05, 0.1) is 27.6 Å². The van der Waals surface area contributed by atoms with Gasteiger partial charge in [0, 0.05) is 12.1 Å². The number of hydrogen-bond donors (Lipinski definition) is 1. The van der Waals surface area contributed by atoms with Gasteiger partial charge in [-0.15, -0.1) is 0 Å². The minimum atomic E-state index is -0.493. The Kier molecular flexibility index (Phi) is 4.66. The van der Waals surface area contributed by atoms with Crippen LogP contribution < -0.4 is 0 Å². The van der Waals surface area contributed by atoms with E-state index in [4.69, 9.17) is 4.42 Å². The van der Waals surface area contributed by atoms with Crippen LogP contribution in [-0.4, -0.2) is 14.9 Å². The highest BCUT2D eigenvalue weighted by Crippen LogP contribution is 2.30. The number of imidazole rings is 1. The molecule has 8 heteroatoms. The average Bonchev–Trinajstić information content (AvgIpc) is 3.32. The third-order valence-corrected chi connectivity index (χ3v) is 4.75. The molecule has 0 aliphatic rings. The van der Waals surface area contributed by atoms with Crippen LogP contribution in [0.4, 0.5) is 5.69 Å². The number of aromatic nitrogens is 2. The molecule has 0 unspecified atom stereocenters. The number of furan rings is 1. The first-order valence-corrected chi connectivity index (χ1v) is 9.03. The maximum atomic E-state index is 10.9. The summed E-state index contributed by atoms with van der Waals surface area (Å²) in [5.41, 5.74) is 2.47. The van der Waals surface area contributed by atoms with E-state index < -0.39 is 4.92 Å². The van der Waals surface area contributed by atoms with E-state index in [2.05, 4.69) is 16.0 Å². The van der Waals surface area contributed by atoms with Crippen molar-refractivity contribution in [2.24, 2.45) is 0 Å². The number of hydrogen-bond acceptors (Lipinski definition) is 6. The molecule has 0 spiro atoms. The van der Waals surface area contributed by atoms with Crippen molar-refractivity contribution in [3.63, 3.8) is 0 Å². The number of rotatable bonds is 5. The first-order chi connectivity index (χ1) is 13.6. The summed E-state index contributed by atoms with van der Waals surface area (Å²) in [6.07, 6.45) is 1.56.